The van der Waals surface area contributed by atoms with Crippen LogP contribution in [0.5, 0.6) is 5.75 Å². The van der Waals surface area contributed by atoms with Gasteiger partial charge in [0, 0.05) is 7.05 Å². The maximum absolute atomic E-state index is 12.4. The minimum atomic E-state index is -1.84. The molecule has 31 heavy (non-hydrogen) atoms. The van der Waals surface area contributed by atoms with E-state index in [-0.39, 0.29) is 39.7 Å². The molecule has 0 saturated heterocycles. The second-order valence-corrected chi connectivity index (χ2v) is 10.8. The number of nitrogens with one attached hydrogen (secondary N) is 2. The van der Waals surface area contributed by atoms with Gasteiger partial charge in [-0.25, -0.2) is 12.7 Å². The standard InChI is InChI=1S/C18H27N7O4S2/c1-10-8-9-11(29-10)13(18(2,3)4)19-15-16(23-31(28)22-15)20-14-12(26)17(25(7)21-14)30(27)24(5)6/h8-9,13,26H,1-7H3,(H,19,22)(H,20,21,23)/t13-,30?,31?/m0/s1. The predicted octanol–water partition coefficient (Wildman–Crippen LogP) is 1.79. The van der Waals surface area contributed by atoms with Crippen LogP contribution >= 0.6 is 0 Å². The number of rotatable bonds is 5. The van der Waals surface area contributed by atoms with Crippen molar-refractivity contribution in [2.45, 2.75) is 38.8 Å². The van der Waals surface area contributed by atoms with Crippen LogP contribution in [0.3, 0.4) is 0 Å². The summed E-state index contributed by atoms with van der Waals surface area (Å²) in [5.74, 6) is 1.60. The summed E-state index contributed by atoms with van der Waals surface area (Å²) in [4.78, 5) is 0. The van der Waals surface area contributed by atoms with Crippen molar-refractivity contribution in [3.8, 4) is 5.75 Å². The Labute approximate surface area is 185 Å². The van der Waals surface area contributed by atoms with Gasteiger partial charge in [0.05, 0.1) is 6.04 Å². The molecule has 0 spiro atoms. The number of hydrogen-bond donors (Lipinski definition) is 3. The lowest BCUT2D eigenvalue weighted by Gasteiger charge is -2.30. The molecule has 0 aliphatic carbocycles. The molecule has 0 bridgehead atoms. The molecule has 2 aromatic heterocycles. The largest absolute Gasteiger partial charge is 0.502 e. The average molecular weight is 470 g/mol. The number of hydrogen-bond acceptors (Lipinski definition) is 7. The molecule has 0 amide bonds. The highest BCUT2D eigenvalue weighted by atomic mass is 32.2. The number of amidine groups is 2. The molecule has 0 radical (unpaired) electrons. The van der Waals surface area contributed by atoms with E-state index in [1.807, 2.05) is 39.8 Å². The molecule has 170 valence electrons. The van der Waals surface area contributed by atoms with E-state index in [1.54, 1.807) is 21.1 Å². The number of aromatic hydroxyl groups is 1. The maximum atomic E-state index is 12.4. The first-order chi connectivity index (χ1) is 14.4. The van der Waals surface area contributed by atoms with Crippen LogP contribution in [0.4, 0.5) is 5.82 Å². The van der Waals surface area contributed by atoms with Gasteiger partial charge in [-0.2, -0.15) is 0 Å². The second-order valence-electron chi connectivity index (χ2n) is 8.31. The van der Waals surface area contributed by atoms with Crippen LogP contribution in [-0.2, 0) is 29.2 Å². The first-order valence-electron chi connectivity index (χ1n) is 9.43. The molecule has 1 aliphatic rings. The predicted molar refractivity (Wildman–Crippen MR) is 120 cm³/mol. The molecule has 3 atom stereocenters. The number of anilines is 1. The first kappa shape index (κ1) is 23.2. The fourth-order valence-corrected chi connectivity index (χ4v) is 4.46. The Kier molecular flexibility index (Phi) is 6.39. The van der Waals surface area contributed by atoms with Gasteiger partial charge < -0.3 is 20.2 Å². The van der Waals surface area contributed by atoms with Gasteiger partial charge in [0.25, 0.3) is 11.2 Å². The minimum absolute atomic E-state index is 0.0287. The molecule has 11 nitrogen and oxygen atoms in total. The Morgan fingerprint density at radius 2 is 1.90 bits per heavy atom. The molecule has 1 aliphatic heterocycles. The summed E-state index contributed by atoms with van der Waals surface area (Å²) in [6.07, 6.45) is 0. The number of aryl methyl sites for hydroxylation is 2. The van der Waals surface area contributed by atoms with Crippen molar-refractivity contribution in [3.63, 3.8) is 0 Å². The lowest BCUT2D eigenvalue weighted by molar-refractivity contribution is 0.261. The highest BCUT2D eigenvalue weighted by Crippen LogP contribution is 2.34. The van der Waals surface area contributed by atoms with Gasteiger partial charge in [0.15, 0.2) is 28.3 Å². The minimum Gasteiger partial charge on any atom is -0.502 e. The van der Waals surface area contributed by atoms with Gasteiger partial charge in [0.2, 0.25) is 0 Å². The lowest BCUT2D eigenvalue weighted by Crippen LogP contribution is -2.41. The highest BCUT2D eigenvalue weighted by Gasteiger charge is 2.33. The van der Waals surface area contributed by atoms with Crippen molar-refractivity contribution in [2.75, 3.05) is 19.4 Å². The molecule has 13 heteroatoms. The van der Waals surface area contributed by atoms with Crippen LogP contribution in [0.1, 0.15) is 38.3 Å². The molecule has 2 aromatic rings. The van der Waals surface area contributed by atoms with Crippen molar-refractivity contribution in [1.82, 2.24) is 19.4 Å². The van der Waals surface area contributed by atoms with E-state index in [2.05, 4.69) is 24.5 Å². The fourth-order valence-electron chi connectivity index (χ4n) is 2.96. The number of furan rings is 1. The van der Waals surface area contributed by atoms with Crippen molar-refractivity contribution in [2.24, 2.45) is 21.3 Å². The zero-order valence-electron chi connectivity index (χ0n) is 18.5. The van der Waals surface area contributed by atoms with Gasteiger partial charge in [-0.15, -0.1) is 13.9 Å². The Bertz CT molecular complexity index is 1100. The molecular weight excluding hydrogens is 442 g/mol. The molecule has 0 aromatic carbocycles. The Hall–Kier alpha value is -2.51. The normalized spacial score (nSPS) is 18.6. The van der Waals surface area contributed by atoms with Crippen molar-refractivity contribution < 1.29 is 17.9 Å². The van der Waals surface area contributed by atoms with Gasteiger partial charge >= 0.3 is 0 Å². The molecule has 3 rings (SSSR count). The maximum Gasteiger partial charge on any atom is 0.269 e. The fraction of sp³-hybridized carbons (Fsp3) is 0.500. The van der Waals surface area contributed by atoms with Gasteiger partial charge in [-0.05, 0) is 38.6 Å². The topological polar surface area (TPSA) is 137 Å². The summed E-state index contributed by atoms with van der Waals surface area (Å²) in [7, 11) is 3.20. The van der Waals surface area contributed by atoms with Crippen LogP contribution in [-0.4, -0.2) is 53.4 Å². The van der Waals surface area contributed by atoms with E-state index >= 15 is 0 Å². The number of aromatic nitrogens is 2. The Morgan fingerprint density at radius 1 is 1.26 bits per heavy atom. The summed E-state index contributed by atoms with van der Waals surface area (Å²) < 4.78 is 41.1. The first-order valence-corrected chi connectivity index (χ1v) is 11.6. The van der Waals surface area contributed by atoms with Crippen LogP contribution in [0.15, 0.2) is 30.4 Å². The quantitative estimate of drug-likeness (QED) is 0.607. The third-order valence-electron chi connectivity index (χ3n) is 4.46. The second kappa shape index (κ2) is 8.55. The van der Waals surface area contributed by atoms with E-state index in [0.717, 1.165) is 5.76 Å². The van der Waals surface area contributed by atoms with E-state index in [1.165, 1.54) is 8.99 Å². The van der Waals surface area contributed by atoms with Crippen molar-refractivity contribution >= 4 is 39.6 Å². The van der Waals surface area contributed by atoms with Crippen LogP contribution in [0, 0.1) is 12.3 Å². The number of nitrogens with zero attached hydrogens (tertiary/aromatic N) is 5. The lowest BCUT2D eigenvalue weighted by atomic mass is 9.85. The monoisotopic (exact) mass is 469 g/mol. The summed E-state index contributed by atoms with van der Waals surface area (Å²) in [6.45, 7) is 7.96. The molecule has 3 N–H and O–H groups in total. The van der Waals surface area contributed by atoms with Crippen LogP contribution in [0.2, 0.25) is 0 Å². The van der Waals surface area contributed by atoms with Gasteiger partial charge in [-0.3, -0.25) is 4.68 Å². The third-order valence-corrected chi connectivity index (χ3v) is 6.59. The summed E-state index contributed by atoms with van der Waals surface area (Å²) >= 11 is -1.84. The summed E-state index contributed by atoms with van der Waals surface area (Å²) in [6, 6.07) is 3.45. The van der Waals surface area contributed by atoms with E-state index in [0.29, 0.717) is 5.76 Å². The zero-order valence-corrected chi connectivity index (χ0v) is 20.1. The summed E-state index contributed by atoms with van der Waals surface area (Å²) in [5, 5.41) is 21.0. The summed E-state index contributed by atoms with van der Waals surface area (Å²) in [5.41, 5.74) is -0.273. The van der Waals surface area contributed by atoms with E-state index in [9.17, 15) is 13.5 Å². The molecule has 0 fully saturated rings. The van der Waals surface area contributed by atoms with Crippen molar-refractivity contribution in [3.05, 3.63) is 23.7 Å². The molecule has 3 heterocycles. The van der Waals surface area contributed by atoms with Crippen LogP contribution < -0.4 is 10.6 Å². The third kappa shape index (κ3) is 4.88. The van der Waals surface area contributed by atoms with Gasteiger partial charge in [-0.1, -0.05) is 20.8 Å². The zero-order chi connectivity index (χ0) is 23.1. The van der Waals surface area contributed by atoms with Gasteiger partial charge in [0.1, 0.15) is 22.5 Å². The van der Waals surface area contributed by atoms with Crippen molar-refractivity contribution in [1.29, 1.82) is 0 Å². The molecular formula is C18H27N7O4S2. The molecule has 2 unspecified atom stereocenters. The molecule has 0 saturated carbocycles. The van der Waals surface area contributed by atoms with E-state index < -0.39 is 22.2 Å². The Balaban J connectivity index is 1.89. The Morgan fingerprint density at radius 3 is 2.45 bits per heavy atom. The average Bonchev–Trinajstić information content (AvgIpc) is 3.30. The smallest absolute Gasteiger partial charge is 0.269 e. The highest BCUT2D eigenvalue weighted by molar-refractivity contribution is 7.83. The van der Waals surface area contributed by atoms with E-state index in [4.69, 9.17) is 4.42 Å². The SMILES string of the molecule is Cc1ccc([C@H](NC2=NS(=O)N=C2Nc2nn(C)c(S(=O)N(C)C)c2O)C(C)(C)C)o1. The van der Waals surface area contributed by atoms with Crippen LogP contribution in [0.25, 0.3) is 0 Å².